The van der Waals surface area contributed by atoms with Gasteiger partial charge in [-0.15, -0.1) is 11.3 Å². The largest absolute Gasteiger partial charge is 0.493 e. The maximum absolute atomic E-state index is 12.7. The zero-order valence-electron chi connectivity index (χ0n) is 17.0. The molecule has 7 nitrogen and oxygen atoms in total. The molecule has 2 N–H and O–H groups in total. The Morgan fingerprint density at radius 1 is 1.14 bits per heavy atom. The van der Waals surface area contributed by atoms with E-state index in [1.165, 1.54) is 16.2 Å². The summed E-state index contributed by atoms with van der Waals surface area (Å²) in [5.74, 6) is 0.621. The molecule has 0 radical (unpaired) electrons. The van der Waals surface area contributed by atoms with E-state index in [1.54, 1.807) is 27.2 Å². The first-order valence-electron chi connectivity index (χ1n) is 9.71. The highest BCUT2D eigenvalue weighted by Gasteiger charge is 2.25. The molecule has 1 saturated heterocycles. The normalized spacial score (nSPS) is 13.9. The molecule has 3 rings (SSSR count). The lowest BCUT2D eigenvalue weighted by Crippen LogP contribution is -3.11. The number of hydrogen-bond donors (Lipinski definition) is 2. The number of hydrogen-bond acceptors (Lipinski definition) is 6. The molecule has 0 bridgehead atoms. The molecule has 0 atom stereocenters. The molecule has 1 aromatic heterocycles. The second-order valence-electron chi connectivity index (χ2n) is 6.83. The average molecular weight is 420 g/mol. The minimum atomic E-state index is -0.456. The summed E-state index contributed by atoms with van der Waals surface area (Å²) in [6.07, 6.45) is 2.30. The lowest BCUT2D eigenvalue weighted by Gasteiger charge is -2.13. The van der Waals surface area contributed by atoms with Crippen LogP contribution in [-0.2, 0) is 9.53 Å². The molecule has 1 amide bonds. The van der Waals surface area contributed by atoms with Crippen molar-refractivity contribution in [2.75, 3.05) is 45.8 Å². The molecule has 1 aliphatic rings. The van der Waals surface area contributed by atoms with Gasteiger partial charge in [0.25, 0.3) is 5.91 Å². The molecule has 29 heavy (non-hydrogen) atoms. The molecule has 2 heterocycles. The van der Waals surface area contributed by atoms with Crippen LogP contribution in [0.5, 0.6) is 11.5 Å². The van der Waals surface area contributed by atoms with Crippen molar-refractivity contribution in [3.05, 3.63) is 29.1 Å². The van der Waals surface area contributed by atoms with Crippen LogP contribution in [0.1, 0.15) is 30.1 Å². The third kappa shape index (κ3) is 4.89. The van der Waals surface area contributed by atoms with Crippen molar-refractivity contribution in [1.29, 1.82) is 0 Å². The van der Waals surface area contributed by atoms with Gasteiger partial charge in [0.05, 0.1) is 33.9 Å². The van der Waals surface area contributed by atoms with Crippen LogP contribution in [0, 0.1) is 0 Å². The summed E-state index contributed by atoms with van der Waals surface area (Å²) in [6.45, 7) is 4.45. The maximum atomic E-state index is 12.7. The Bertz CT molecular complexity index is 874. The van der Waals surface area contributed by atoms with Crippen LogP contribution >= 0.6 is 11.3 Å². The van der Waals surface area contributed by atoms with Crippen LogP contribution in [0.4, 0.5) is 5.00 Å². The molecule has 2 aromatic rings. The van der Waals surface area contributed by atoms with Crippen LogP contribution in [0.2, 0.25) is 0 Å². The van der Waals surface area contributed by atoms with Crippen LogP contribution in [0.15, 0.2) is 23.6 Å². The Morgan fingerprint density at radius 2 is 1.86 bits per heavy atom. The first-order valence-corrected chi connectivity index (χ1v) is 10.6. The summed E-state index contributed by atoms with van der Waals surface area (Å²) < 4.78 is 15.9. The second kappa shape index (κ2) is 9.76. The number of likely N-dealkylation sites (tertiary alicyclic amines) is 1. The van der Waals surface area contributed by atoms with Crippen molar-refractivity contribution in [3.8, 4) is 22.6 Å². The number of benzene rings is 1. The van der Waals surface area contributed by atoms with Gasteiger partial charge in [-0.3, -0.25) is 4.79 Å². The van der Waals surface area contributed by atoms with E-state index < -0.39 is 5.97 Å². The number of amides is 1. The predicted octanol–water partition coefficient (Wildman–Crippen LogP) is 2.23. The van der Waals surface area contributed by atoms with Crippen LogP contribution in [-0.4, -0.2) is 52.3 Å². The van der Waals surface area contributed by atoms with Crippen molar-refractivity contribution >= 4 is 28.2 Å². The molecule has 0 unspecified atom stereocenters. The van der Waals surface area contributed by atoms with E-state index in [1.807, 2.05) is 17.5 Å². The van der Waals surface area contributed by atoms with Crippen molar-refractivity contribution < 1.29 is 28.7 Å². The summed E-state index contributed by atoms with van der Waals surface area (Å²) in [5.41, 5.74) is 1.85. The summed E-state index contributed by atoms with van der Waals surface area (Å²) in [5, 5.41) is 5.28. The lowest BCUT2D eigenvalue weighted by atomic mass is 10.0. The Balaban J connectivity index is 1.91. The second-order valence-corrected chi connectivity index (χ2v) is 7.71. The first kappa shape index (κ1) is 21.1. The number of quaternary nitrogens is 1. The number of thiophene rings is 1. The monoisotopic (exact) mass is 419 g/mol. The summed E-state index contributed by atoms with van der Waals surface area (Å²) in [4.78, 5) is 26.5. The van der Waals surface area contributed by atoms with Gasteiger partial charge in [-0.2, -0.15) is 0 Å². The van der Waals surface area contributed by atoms with E-state index >= 15 is 0 Å². The van der Waals surface area contributed by atoms with Crippen molar-refractivity contribution in [3.63, 3.8) is 0 Å². The Labute approximate surface area is 174 Å². The van der Waals surface area contributed by atoms with Gasteiger partial charge in [-0.25, -0.2) is 4.79 Å². The maximum Gasteiger partial charge on any atom is 0.341 e. The van der Waals surface area contributed by atoms with Crippen molar-refractivity contribution in [1.82, 2.24) is 0 Å². The molecule has 1 aliphatic heterocycles. The van der Waals surface area contributed by atoms with Gasteiger partial charge < -0.3 is 24.4 Å². The Hall–Kier alpha value is -2.58. The molecule has 0 spiro atoms. The van der Waals surface area contributed by atoms with Crippen molar-refractivity contribution in [2.24, 2.45) is 0 Å². The standard InChI is InChI=1S/C21H26N2O5S/c1-4-28-21(25)19-15(14-7-8-16(26-2)17(11-14)27-3)13-29-20(19)22-18(24)12-23-9-5-6-10-23/h7-8,11,13H,4-6,9-10,12H2,1-3H3,(H,22,24)/p+1. The fourth-order valence-corrected chi connectivity index (χ4v) is 4.50. The van der Waals surface area contributed by atoms with E-state index in [4.69, 9.17) is 14.2 Å². The molecule has 1 fully saturated rings. The molecule has 1 aromatic carbocycles. The van der Waals surface area contributed by atoms with E-state index in [2.05, 4.69) is 5.32 Å². The lowest BCUT2D eigenvalue weighted by molar-refractivity contribution is -0.878. The van der Waals surface area contributed by atoms with Crippen LogP contribution < -0.4 is 19.7 Å². The fourth-order valence-electron chi connectivity index (χ4n) is 3.52. The van der Waals surface area contributed by atoms with Crippen molar-refractivity contribution in [2.45, 2.75) is 19.8 Å². The minimum absolute atomic E-state index is 0.0897. The highest BCUT2D eigenvalue weighted by molar-refractivity contribution is 7.15. The zero-order chi connectivity index (χ0) is 20.8. The van der Waals surface area contributed by atoms with Gasteiger partial charge in [0.15, 0.2) is 18.0 Å². The zero-order valence-corrected chi connectivity index (χ0v) is 17.8. The molecule has 0 saturated carbocycles. The SMILES string of the molecule is CCOC(=O)c1c(-c2ccc(OC)c(OC)c2)csc1NC(=O)C[NH+]1CCCC1. The molecular formula is C21H27N2O5S+. The first-order chi connectivity index (χ1) is 14.1. The number of carbonyl (C=O) groups is 2. The van der Waals surface area contributed by atoms with Crippen LogP contribution in [0.3, 0.4) is 0 Å². The van der Waals surface area contributed by atoms with Gasteiger partial charge in [-0.05, 0) is 24.6 Å². The highest BCUT2D eigenvalue weighted by atomic mass is 32.1. The summed E-state index contributed by atoms with van der Waals surface area (Å²) in [7, 11) is 3.13. The summed E-state index contributed by atoms with van der Waals surface area (Å²) in [6, 6.07) is 5.45. The molecule has 156 valence electrons. The number of ether oxygens (including phenoxy) is 3. The van der Waals surface area contributed by atoms with E-state index in [0.717, 1.165) is 31.5 Å². The molecule has 0 aliphatic carbocycles. The third-order valence-electron chi connectivity index (χ3n) is 4.94. The van der Waals surface area contributed by atoms with E-state index in [-0.39, 0.29) is 12.5 Å². The Kier molecular flexibility index (Phi) is 7.11. The number of esters is 1. The third-order valence-corrected chi connectivity index (χ3v) is 5.83. The highest BCUT2D eigenvalue weighted by Crippen LogP contribution is 2.39. The smallest absolute Gasteiger partial charge is 0.341 e. The van der Waals surface area contributed by atoms with Gasteiger partial charge in [0, 0.05) is 23.8 Å². The van der Waals surface area contributed by atoms with Gasteiger partial charge in [0.2, 0.25) is 0 Å². The van der Waals surface area contributed by atoms with E-state index in [0.29, 0.717) is 34.2 Å². The molecule has 8 heteroatoms. The number of nitrogens with one attached hydrogen (secondary N) is 2. The number of carbonyl (C=O) groups excluding carboxylic acids is 2. The number of methoxy groups -OCH3 is 2. The quantitative estimate of drug-likeness (QED) is 0.642. The topological polar surface area (TPSA) is 78.3 Å². The number of anilines is 1. The minimum Gasteiger partial charge on any atom is -0.493 e. The van der Waals surface area contributed by atoms with Crippen LogP contribution in [0.25, 0.3) is 11.1 Å². The average Bonchev–Trinajstić information content (AvgIpc) is 3.37. The molecular weight excluding hydrogens is 392 g/mol. The fraction of sp³-hybridized carbons (Fsp3) is 0.429. The van der Waals surface area contributed by atoms with Gasteiger partial charge >= 0.3 is 5.97 Å². The number of rotatable bonds is 8. The predicted molar refractivity (Wildman–Crippen MR) is 112 cm³/mol. The van der Waals surface area contributed by atoms with Gasteiger partial charge in [0.1, 0.15) is 10.6 Å². The van der Waals surface area contributed by atoms with E-state index in [9.17, 15) is 9.59 Å². The Morgan fingerprint density at radius 3 is 2.52 bits per heavy atom. The summed E-state index contributed by atoms with van der Waals surface area (Å²) >= 11 is 1.32. The van der Waals surface area contributed by atoms with Gasteiger partial charge in [-0.1, -0.05) is 6.07 Å².